The van der Waals surface area contributed by atoms with E-state index in [-0.39, 0.29) is 0 Å². The van der Waals surface area contributed by atoms with E-state index in [1.807, 2.05) is 12.1 Å². The minimum Gasteiger partial charge on any atom is -0.240 e. The summed E-state index contributed by atoms with van der Waals surface area (Å²) in [5, 5.41) is 1.84. The molecule has 2 aliphatic rings. The van der Waals surface area contributed by atoms with Gasteiger partial charge in [-0.05, 0) is 4.99 Å². The van der Waals surface area contributed by atoms with Gasteiger partial charge in [0.25, 0.3) is 6.34 Å². The molecule has 4 nitrogen and oxygen atoms in total. The summed E-state index contributed by atoms with van der Waals surface area (Å²) in [5.74, 6) is 0. The second-order valence-electron chi connectivity index (χ2n) is 2.63. The van der Waals surface area contributed by atoms with E-state index in [4.69, 9.17) is 0 Å². The van der Waals surface area contributed by atoms with Crippen molar-refractivity contribution in [3.05, 3.63) is 22.8 Å². The Hall–Kier alpha value is -1.84. The molecule has 2 aliphatic heterocycles. The van der Waals surface area contributed by atoms with Crippen LogP contribution in [0.1, 0.15) is 0 Å². The van der Waals surface area contributed by atoms with Crippen LogP contribution >= 0.6 is 0 Å². The van der Waals surface area contributed by atoms with Gasteiger partial charge in [0.2, 0.25) is 5.36 Å². The molecule has 0 amide bonds. The van der Waals surface area contributed by atoms with E-state index in [9.17, 15) is 0 Å². The van der Waals surface area contributed by atoms with Crippen LogP contribution in [-0.2, 0) is 0 Å². The average Bonchev–Trinajstić information content (AvgIpc) is 2.64. The van der Waals surface area contributed by atoms with Gasteiger partial charge in [0.1, 0.15) is 6.34 Å². The molecule has 1 aromatic carbocycles. The molecule has 0 fully saturated rings. The molecule has 0 aliphatic carbocycles. The number of nitrogens with one attached hydrogen (secondary N) is 1. The molecule has 4 heteroatoms. The van der Waals surface area contributed by atoms with Gasteiger partial charge in [-0.3, -0.25) is 0 Å². The standard InChI is InChI=1S/C8H4N4/c1-5-7(11-3-9-5)2-8-6(1)10-4-12-8/h1-4H/p+1. The van der Waals surface area contributed by atoms with E-state index in [1.54, 1.807) is 12.7 Å². The first-order valence-corrected chi connectivity index (χ1v) is 3.64. The zero-order valence-electron chi connectivity index (χ0n) is 6.15. The number of hydrogen-bond acceptors (Lipinski definition) is 3. The highest BCUT2D eigenvalue weighted by Crippen LogP contribution is 2.05. The maximum Gasteiger partial charge on any atom is 0.285 e. The van der Waals surface area contributed by atoms with E-state index < -0.39 is 0 Å². The van der Waals surface area contributed by atoms with Crippen molar-refractivity contribution in [3.8, 4) is 0 Å². The van der Waals surface area contributed by atoms with E-state index in [2.05, 4.69) is 20.0 Å². The van der Waals surface area contributed by atoms with Crippen molar-refractivity contribution in [2.75, 3.05) is 0 Å². The number of nitrogens with zero attached hydrogens (tertiary/aromatic N) is 3. The van der Waals surface area contributed by atoms with Crippen LogP contribution in [0.25, 0.3) is 0 Å². The van der Waals surface area contributed by atoms with Gasteiger partial charge in [-0.25, -0.2) is 15.0 Å². The molecule has 12 heavy (non-hydrogen) atoms. The Balaban J connectivity index is 2.50. The fraction of sp³-hybridized carbons (Fsp3) is 0. The largest absolute Gasteiger partial charge is 0.285 e. The Kier molecular flexibility index (Phi) is 0.889. The van der Waals surface area contributed by atoms with Crippen molar-refractivity contribution in [1.82, 2.24) is 0 Å². The summed E-state index contributed by atoms with van der Waals surface area (Å²) in [4.78, 5) is 15.3. The minimum absolute atomic E-state index is 0.898. The Bertz CT molecular complexity index is 475. The molecular formula is C8H5N4+. The fourth-order valence-corrected chi connectivity index (χ4v) is 1.32. The third kappa shape index (κ3) is 0.611. The summed E-state index contributed by atoms with van der Waals surface area (Å²) in [5.41, 5.74) is 1.90. The zero-order chi connectivity index (χ0) is 7.97. The van der Waals surface area contributed by atoms with E-state index in [1.165, 1.54) is 0 Å². The quantitative estimate of drug-likeness (QED) is 0.469. The molecule has 0 radical (unpaired) electrons. The summed E-state index contributed by atoms with van der Waals surface area (Å²) in [6, 6.07) is 3.87. The number of fused-ring (bicyclic) bond motifs is 2. The van der Waals surface area contributed by atoms with Crippen LogP contribution in [-0.4, -0.2) is 12.7 Å². The lowest BCUT2D eigenvalue weighted by Crippen LogP contribution is -2.61. The predicted octanol–water partition coefficient (Wildman–Crippen LogP) is -1.65. The first kappa shape index (κ1) is 5.77. The summed E-state index contributed by atoms with van der Waals surface area (Å²) >= 11 is 0. The second-order valence-corrected chi connectivity index (χ2v) is 2.63. The first-order chi connectivity index (χ1) is 5.93. The molecule has 0 spiro atoms. The lowest BCUT2D eigenvalue weighted by Gasteiger charge is -1.85. The monoisotopic (exact) mass is 157 g/mol. The van der Waals surface area contributed by atoms with E-state index in [0.717, 1.165) is 22.1 Å². The Morgan fingerprint density at radius 3 is 3.08 bits per heavy atom. The van der Waals surface area contributed by atoms with E-state index >= 15 is 0 Å². The number of hydrogen-bond donors (Lipinski definition) is 1. The molecule has 0 saturated heterocycles. The lowest BCUT2D eigenvalue weighted by atomic mass is 10.2. The van der Waals surface area contributed by atoms with Gasteiger partial charge in [0, 0.05) is 12.1 Å². The van der Waals surface area contributed by atoms with Crippen LogP contribution in [0.3, 0.4) is 0 Å². The molecule has 1 aromatic rings. The fourth-order valence-electron chi connectivity index (χ4n) is 1.32. The summed E-state index contributed by atoms with van der Waals surface area (Å²) < 4.78 is 0. The number of aliphatic imine (C=N–C) groups is 1. The molecule has 2 heterocycles. The normalized spacial score (nSPS) is 15.3. The van der Waals surface area contributed by atoms with E-state index in [0.29, 0.717) is 0 Å². The molecule has 3 rings (SSSR count). The summed E-state index contributed by atoms with van der Waals surface area (Å²) in [6.07, 6.45) is 3.23. The smallest absolute Gasteiger partial charge is 0.240 e. The summed E-state index contributed by atoms with van der Waals surface area (Å²) in [7, 11) is 0. The Labute approximate surface area is 67.7 Å². The SMILES string of the molecule is C1=Nc2cc3c(cc2=N1)[NH+]=CN=3. The van der Waals surface area contributed by atoms with Gasteiger partial charge in [-0.2, -0.15) is 0 Å². The third-order valence-electron chi connectivity index (χ3n) is 1.91. The van der Waals surface area contributed by atoms with Gasteiger partial charge < -0.3 is 0 Å². The van der Waals surface area contributed by atoms with Crippen LogP contribution in [0, 0.1) is 0 Å². The Morgan fingerprint density at radius 1 is 1.08 bits per heavy atom. The van der Waals surface area contributed by atoms with Gasteiger partial charge >= 0.3 is 0 Å². The molecule has 56 valence electrons. The molecular weight excluding hydrogens is 152 g/mol. The Morgan fingerprint density at radius 2 is 2.08 bits per heavy atom. The molecule has 0 saturated carbocycles. The van der Waals surface area contributed by atoms with Crippen LogP contribution in [0.5, 0.6) is 0 Å². The van der Waals surface area contributed by atoms with Crippen LogP contribution < -0.4 is 15.7 Å². The third-order valence-corrected chi connectivity index (χ3v) is 1.91. The molecule has 0 unspecified atom stereocenters. The highest BCUT2D eigenvalue weighted by Gasteiger charge is 2.11. The zero-order valence-corrected chi connectivity index (χ0v) is 6.15. The average molecular weight is 157 g/mol. The maximum absolute atomic E-state index is 4.13. The minimum atomic E-state index is 0.898. The van der Waals surface area contributed by atoms with Crippen molar-refractivity contribution >= 4 is 24.1 Å². The number of benzene rings is 1. The van der Waals surface area contributed by atoms with Crippen molar-refractivity contribution < 1.29 is 4.99 Å². The van der Waals surface area contributed by atoms with Gasteiger partial charge in [0.05, 0.1) is 11.0 Å². The van der Waals surface area contributed by atoms with Crippen molar-refractivity contribution in [2.24, 2.45) is 15.0 Å². The highest BCUT2D eigenvalue weighted by atomic mass is 15.0. The van der Waals surface area contributed by atoms with Crippen LogP contribution in [0.2, 0.25) is 0 Å². The molecule has 1 N–H and O–H groups in total. The predicted molar refractivity (Wildman–Crippen MR) is 43.6 cm³/mol. The molecule has 0 aromatic heterocycles. The van der Waals surface area contributed by atoms with Crippen molar-refractivity contribution in [2.45, 2.75) is 0 Å². The summed E-state index contributed by atoms with van der Waals surface area (Å²) in [6.45, 7) is 0. The maximum atomic E-state index is 4.13. The van der Waals surface area contributed by atoms with Crippen LogP contribution in [0.4, 0.5) is 11.4 Å². The lowest BCUT2D eigenvalue weighted by molar-refractivity contribution is -0.345. The second kappa shape index (κ2) is 1.85. The highest BCUT2D eigenvalue weighted by molar-refractivity contribution is 5.68. The topological polar surface area (TPSA) is 51.0 Å². The van der Waals surface area contributed by atoms with Crippen molar-refractivity contribution in [1.29, 1.82) is 0 Å². The van der Waals surface area contributed by atoms with Gasteiger partial charge in [-0.15, -0.1) is 0 Å². The van der Waals surface area contributed by atoms with Gasteiger partial charge in [0.15, 0.2) is 5.69 Å². The molecule has 0 bridgehead atoms. The first-order valence-electron chi connectivity index (χ1n) is 3.64. The molecule has 0 atom stereocenters. The van der Waals surface area contributed by atoms with Crippen molar-refractivity contribution in [3.63, 3.8) is 0 Å². The van der Waals surface area contributed by atoms with Crippen LogP contribution in [0.15, 0.2) is 27.1 Å². The number of rotatable bonds is 0. The van der Waals surface area contributed by atoms with Gasteiger partial charge in [-0.1, -0.05) is 0 Å².